The van der Waals surface area contributed by atoms with E-state index in [0.717, 1.165) is 17.0 Å². The van der Waals surface area contributed by atoms with Gasteiger partial charge in [0.15, 0.2) is 0 Å². The second-order valence-electron chi connectivity index (χ2n) is 5.20. The van der Waals surface area contributed by atoms with Crippen LogP contribution in [-0.2, 0) is 6.54 Å². The van der Waals surface area contributed by atoms with Crippen molar-refractivity contribution in [3.63, 3.8) is 0 Å². The molecule has 1 aromatic carbocycles. The maximum absolute atomic E-state index is 5.78. The highest BCUT2D eigenvalue weighted by Gasteiger charge is 2.05. The molecule has 2 aromatic rings. The summed E-state index contributed by atoms with van der Waals surface area (Å²) in [5.41, 5.74) is 3.24. The summed E-state index contributed by atoms with van der Waals surface area (Å²) in [5, 5.41) is 11.6. The first kappa shape index (κ1) is 14.5. The van der Waals surface area contributed by atoms with E-state index in [1.165, 1.54) is 5.56 Å². The van der Waals surface area contributed by atoms with Gasteiger partial charge in [-0.3, -0.25) is 0 Å². The molecule has 0 aliphatic heterocycles. The summed E-state index contributed by atoms with van der Waals surface area (Å²) in [7, 11) is 0. The first-order valence-electron chi connectivity index (χ1n) is 6.86. The van der Waals surface area contributed by atoms with E-state index in [1.807, 2.05) is 31.2 Å². The molecule has 1 heterocycles. The molecule has 0 aliphatic carbocycles. The molecule has 20 heavy (non-hydrogen) atoms. The van der Waals surface area contributed by atoms with Gasteiger partial charge in [-0.15, -0.1) is 5.10 Å². The van der Waals surface area contributed by atoms with Gasteiger partial charge >= 0.3 is 0 Å². The van der Waals surface area contributed by atoms with Gasteiger partial charge in [0, 0.05) is 18.7 Å². The summed E-state index contributed by atoms with van der Waals surface area (Å²) in [5.74, 6) is 1.35. The lowest BCUT2D eigenvalue weighted by Gasteiger charge is -2.10. The minimum Gasteiger partial charge on any atom is -0.437 e. The molecule has 0 amide bonds. The summed E-state index contributed by atoms with van der Waals surface area (Å²) in [6, 6.07) is 10.2. The predicted molar refractivity (Wildman–Crippen MR) is 80.0 cm³/mol. The fourth-order valence-electron chi connectivity index (χ4n) is 1.75. The molecule has 4 nitrogen and oxygen atoms in total. The first-order chi connectivity index (χ1) is 9.56. The standard InChI is InChI=1S/C16H21N3O/c1-11(2)17-10-14-8-9-16(19-18-14)20-15-7-5-6-12(3)13(15)4/h5-9,11,17H,10H2,1-4H3. The molecule has 0 spiro atoms. The molecule has 0 saturated heterocycles. The van der Waals surface area contributed by atoms with Crippen LogP contribution < -0.4 is 10.1 Å². The van der Waals surface area contributed by atoms with Gasteiger partial charge in [0.2, 0.25) is 5.88 Å². The minimum atomic E-state index is 0.433. The van der Waals surface area contributed by atoms with Crippen molar-refractivity contribution in [1.29, 1.82) is 0 Å². The fourth-order valence-corrected chi connectivity index (χ4v) is 1.75. The fraction of sp³-hybridized carbons (Fsp3) is 0.375. The lowest BCUT2D eigenvalue weighted by molar-refractivity contribution is 0.449. The van der Waals surface area contributed by atoms with Crippen molar-refractivity contribution in [3.8, 4) is 11.6 Å². The van der Waals surface area contributed by atoms with Crippen molar-refractivity contribution in [2.75, 3.05) is 0 Å². The molecule has 0 saturated carbocycles. The molecule has 1 aromatic heterocycles. The average Bonchev–Trinajstić information content (AvgIpc) is 2.43. The van der Waals surface area contributed by atoms with Gasteiger partial charge in [-0.25, -0.2) is 0 Å². The van der Waals surface area contributed by atoms with E-state index < -0.39 is 0 Å². The smallest absolute Gasteiger partial charge is 0.238 e. The SMILES string of the molecule is Cc1cccc(Oc2ccc(CNC(C)C)nn2)c1C. The highest BCUT2D eigenvalue weighted by Crippen LogP contribution is 2.25. The van der Waals surface area contributed by atoms with Gasteiger partial charge in [0.25, 0.3) is 0 Å². The number of hydrogen-bond donors (Lipinski definition) is 1. The Morgan fingerprint density at radius 3 is 2.55 bits per heavy atom. The van der Waals surface area contributed by atoms with Gasteiger partial charge in [-0.2, -0.15) is 5.10 Å². The van der Waals surface area contributed by atoms with Crippen molar-refractivity contribution >= 4 is 0 Å². The van der Waals surface area contributed by atoms with Crippen molar-refractivity contribution in [2.45, 2.75) is 40.3 Å². The lowest BCUT2D eigenvalue weighted by atomic mass is 10.1. The van der Waals surface area contributed by atoms with Crippen molar-refractivity contribution in [3.05, 3.63) is 47.2 Å². The van der Waals surface area contributed by atoms with Crippen LogP contribution in [0.4, 0.5) is 0 Å². The Morgan fingerprint density at radius 1 is 1.10 bits per heavy atom. The van der Waals surface area contributed by atoms with E-state index >= 15 is 0 Å². The molecular weight excluding hydrogens is 250 g/mol. The number of nitrogens with zero attached hydrogens (tertiary/aromatic N) is 2. The monoisotopic (exact) mass is 271 g/mol. The van der Waals surface area contributed by atoms with Crippen LogP contribution in [0.5, 0.6) is 11.6 Å². The third-order valence-corrected chi connectivity index (χ3v) is 3.16. The summed E-state index contributed by atoms with van der Waals surface area (Å²) in [6.07, 6.45) is 0. The predicted octanol–water partition coefficient (Wildman–Crippen LogP) is 3.38. The molecule has 0 fully saturated rings. The number of nitrogens with one attached hydrogen (secondary N) is 1. The van der Waals surface area contributed by atoms with Crippen LogP contribution in [-0.4, -0.2) is 16.2 Å². The molecule has 0 aliphatic rings. The first-order valence-corrected chi connectivity index (χ1v) is 6.86. The number of aromatic nitrogens is 2. The number of ether oxygens (including phenoxy) is 1. The lowest BCUT2D eigenvalue weighted by Crippen LogP contribution is -2.22. The van der Waals surface area contributed by atoms with Gasteiger partial charge in [0.05, 0.1) is 5.69 Å². The zero-order valence-electron chi connectivity index (χ0n) is 12.5. The van der Waals surface area contributed by atoms with Crippen LogP contribution in [0, 0.1) is 13.8 Å². The highest BCUT2D eigenvalue weighted by molar-refractivity contribution is 5.40. The second-order valence-corrected chi connectivity index (χ2v) is 5.20. The van der Waals surface area contributed by atoms with E-state index in [0.29, 0.717) is 18.5 Å². The van der Waals surface area contributed by atoms with Gasteiger partial charge in [-0.1, -0.05) is 26.0 Å². The topological polar surface area (TPSA) is 47.0 Å². The van der Waals surface area contributed by atoms with Gasteiger partial charge < -0.3 is 10.1 Å². The third-order valence-electron chi connectivity index (χ3n) is 3.16. The molecule has 4 heteroatoms. The zero-order valence-corrected chi connectivity index (χ0v) is 12.5. The summed E-state index contributed by atoms with van der Waals surface area (Å²) < 4.78 is 5.78. The van der Waals surface area contributed by atoms with Crippen LogP contribution in [0.25, 0.3) is 0 Å². The van der Waals surface area contributed by atoms with Gasteiger partial charge in [0.1, 0.15) is 5.75 Å². The molecular formula is C16H21N3O. The molecule has 2 rings (SSSR count). The Morgan fingerprint density at radius 2 is 1.90 bits per heavy atom. The van der Waals surface area contributed by atoms with E-state index in [-0.39, 0.29) is 0 Å². The summed E-state index contributed by atoms with van der Waals surface area (Å²) >= 11 is 0. The number of rotatable bonds is 5. The molecule has 106 valence electrons. The zero-order chi connectivity index (χ0) is 14.5. The molecule has 1 N–H and O–H groups in total. The van der Waals surface area contributed by atoms with Crippen molar-refractivity contribution < 1.29 is 4.74 Å². The summed E-state index contributed by atoms with van der Waals surface area (Å²) in [4.78, 5) is 0. The van der Waals surface area contributed by atoms with Crippen LogP contribution in [0.15, 0.2) is 30.3 Å². The maximum atomic E-state index is 5.78. The largest absolute Gasteiger partial charge is 0.437 e. The van der Waals surface area contributed by atoms with Crippen LogP contribution >= 0.6 is 0 Å². The molecule has 0 bridgehead atoms. The van der Waals surface area contributed by atoms with E-state index in [1.54, 1.807) is 0 Å². The quantitative estimate of drug-likeness (QED) is 0.905. The highest BCUT2D eigenvalue weighted by atomic mass is 16.5. The van der Waals surface area contributed by atoms with E-state index in [4.69, 9.17) is 4.74 Å². The normalized spacial score (nSPS) is 10.8. The third kappa shape index (κ3) is 3.78. The van der Waals surface area contributed by atoms with E-state index in [2.05, 4.69) is 42.4 Å². The van der Waals surface area contributed by atoms with Crippen LogP contribution in [0.2, 0.25) is 0 Å². The Hall–Kier alpha value is -1.94. The molecule has 0 radical (unpaired) electrons. The number of benzene rings is 1. The Kier molecular flexibility index (Phi) is 4.69. The number of aryl methyl sites for hydroxylation is 1. The Labute approximate surface area is 120 Å². The molecule has 0 unspecified atom stereocenters. The van der Waals surface area contributed by atoms with Gasteiger partial charge in [-0.05, 0) is 37.1 Å². The second kappa shape index (κ2) is 6.48. The molecule has 0 atom stereocenters. The Balaban J connectivity index is 2.05. The minimum absolute atomic E-state index is 0.433. The Bertz CT molecular complexity index is 564. The van der Waals surface area contributed by atoms with Crippen LogP contribution in [0.1, 0.15) is 30.7 Å². The van der Waals surface area contributed by atoms with Crippen LogP contribution in [0.3, 0.4) is 0 Å². The maximum Gasteiger partial charge on any atom is 0.238 e. The van der Waals surface area contributed by atoms with Crippen molar-refractivity contribution in [2.24, 2.45) is 0 Å². The van der Waals surface area contributed by atoms with E-state index in [9.17, 15) is 0 Å². The number of hydrogen-bond acceptors (Lipinski definition) is 4. The average molecular weight is 271 g/mol. The summed E-state index contributed by atoms with van der Waals surface area (Å²) in [6.45, 7) is 9.03. The van der Waals surface area contributed by atoms with Crippen molar-refractivity contribution in [1.82, 2.24) is 15.5 Å².